The van der Waals surface area contributed by atoms with E-state index in [4.69, 9.17) is 0 Å². The molecule has 2 aromatic heterocycles. The maximum absolute atomic E-state index is 13.2. The topological polar surface area (TPSA) is 100 Å². The third-order valence-electron chi connectivity index (χ3n) is 5.75. The number of nitrogens with one attached hydrogen (secondary N) is 1. The van der Waals surface area contributed by atoms with Crippen molar-refractivity contribution in [2.75, 3.05) is 26.7 Å². The van der Waals surface area contributed by atoms with Crippen LogP contribution in [0.1, 0.15) is 38.7 Å². The summed E-state index contributed by atoms with van der Waals surface area (Å²) in [5.74, 6) is -1.31. The summed E-state index contributed by atoms with van der Waals surface area (Å²) >= 11 is 0. The largest absolute Gasteiger partial charge is 0.354 e. The number of benzene rings is 1. The summed E-state index contributed by atoms with van der Waals surface area (Å²) in [6, 6.07) is 13.1. The van der Waals surface area contributed by atoms with Crippen molar-refractivity contribution in [3.05, 3.63) is 83.2 Å². The van der Waals surface area contributed by atoms with Crippen LogP contribution in [-0.2, 0) is 24.3 Å². The molecule has 1 aliphatic rings. The number of hydrogen-bond donors (Lipinski definition) is 1. The van der Waals surface area contributed by atoms with Gasteiger partial charge in [-0.15, -0.1) is 0 Å². The SMILES string of the molecule is CN(CC(=O)NCCc1ccccn1)C(=O)c1cc2n(n1)CCCN(Cc1ccc(F)cc1)C2=O. The second kappa shape index (κ2) is 10.9. The summed E-state index contributed by atoms with van der Waals surface area (Å²) in [5, 5.41) is 7.12. The highest BCUT2D eigenvalue weighted by Gasteiger charge is 2.27. The van der Waals surface area contributed by atoms with Crippen LogP contribution in [0.25, 0.3) is 0 Å². The molecule has 0 atom stereocenters. The van der Waals surface area contributed by atoms with Crippen molar-refractivity contribution in [3.8, 4) is 0 Å². The van der Waals surface area contributed by atoms with Gasteiger partial charge in [-0.1, -0.05) is 18.2 Å². The van der Waals surface area contributed by atoms with Crippen molar-refractivity contribution >= 4 is 17.7 Å². The van der Waals surface area contributed by atoms with Crippen LogP contribution in [0.2, 0.25) is 0 Å². The number of aryl methyl sites for hydroxylation is 1. The molecule has 3 amide bonds. The predicted molar refractivity (Wildman–Crippen MR) is 126 cm³/mol. The molecule has 0 spiro atoms. The van der Waals surface area contributed by atoms with Gasteiger partial charge in [0.15, 0.2) is 5.69 Å². The van der Waals surface area contributed by atoms with Gasteiger partial charge in [0.25, 0.3) is 11.8 Å². The van der Waals surface area contributed by atoms with Crippen LogP contribution in [0.5, 0.6) is 0 Å². The van der Waals surface area contributed by atoms with Gasteiger partial charge in [0, 0.05) is 57.6 Å². The van der Waals surface area contributed by atoms with Gasteiger partial charge in [-0.3, -0.25) is 24.0 Å². The van der Waals surface area contributed by atoms with Gasteiger partial charge in [-0.2, -0.15) is 5.10 Å². The Kier molecular flexibility index (Phi) is 7.49. The number of nitrogens with zero attached hydrogens (tertiary/aromatic N) is 5. The lowest BCUT2D eigenvalue weighted by atomic mass is 10.2. The van der Waals surface area contributed by atoms with Crippen LogP contribution in [-0.4, -0.2) is 69.0 Å². The Labute approximate surface area is 202 Å². The summed E-state index contributed by atoms with van der Waals surface area (Å²) in [4.78, 5) is 45.4. The van der Waals surface area contributed by atoms with Crippen LogP contribution in [0.3, 0.4) is 0 Å². The average Bonchev–Trinajstić information content (AvgIpc) is 3.22. The van der Waals surface area contributed by atoms with Gasteiger partial charge >= 0.3 is 0 Å². The third kappa shape index (κ3) is 6.08. The van der Waals surface area contributed by atoms with E-state index < -0.39 is 5.91 Å². The molecule has 0 aliphatic carbocycles. The molecular formula is C25H27FN6O3. The molecule has 1 N–H and O–H groups in total. The number of amides is 3. The summed E-state index contributed by atoms with van der Waals surface area (Å²) in [7, 11) is 1.52. The number of aromatic nitrogens is 3. The number of carbonyl (C=O) groups excluding carboxylic acids is 3. The van der Waals surface area contributed by atoms with E-state index >= 15 is 0 Å². The molecule has 4 rings (SSSR count). The minimum absolute atomic E-state index is 0.112. The number of likely N-dealkylation sites (N-methyl/N-ethyl adjacent to an activating group) is 1. The fourth-order valence-corrected chi connectivity index (χ4v) is 3.91. The van der Waals surface area contributed by atoms with E-state index in [1.54, 1.807) is 27.9 Å². The predicted octanol–water partition coefficient (Wildman–Crippen LogP) is 1.89. The average molecular weight is 479 g/mol. The van der Waals surface area contributed by atoms with E-state index in [-0.39, 0.29) is 29.9 Å². The van der Waals surface area contributed by atoms with Gasteiger partial charge in [-0.05, 0) is 36.2 Å². The van der Waals surface area contributed by atoms with E-state index in [1.165, 1.54) is 30.1 Å². The van der Waals surface area contributed by atoms with E-state index in [2.05, 4.69) is 15.4 Å². The van der Waals surface area contributed by atoms with Crippen molar-refractivity contribution in [2.24, 2.45) is 0 Å². The lowest BCUT2D eigenvalue weighted by Gasteiger charge is -2.20. The monoisotopic (exact) mass is 478 g/mol. The fraction of sp³-hybridized carbons (Fsp3) is 0.320. The molecule has 1 aromatic carbocycles. The quantitative estimate of drug-likeness (QED) is 0.533. The number of pyridine rings is 1. The Morgan fingerprint density at radius 1 is 1.14 bits per heavy atom. The van der Waals surface area contributed by atoms with E-state index in [0.29, 0.717) is 44.7 Å². The zero-order chi connectivity index (χ0) is 24.8. The van der Waals surface area contributed by atoms with Crippen molar-refractivity contribution in [3.63, 3.8) is 0 Å². The lowest BCUT2D eigenvalue weighted by Crippen LogP contribution is -2.39. The molecule has 35 heavy (non-hydrogen) atoms. The number of carbonyl (C=O) groups is 3. The molecule has 182 valence electrons. The molecule has 0 saturated carbocycles. The van der Waals surface area contributed by atoms with Crippen LogP contribution in [0.15, 0.2) is 54.7 Å². The number of hydrogen-bond acceptors (Lipinski definition) is 5. The first kappa shape index (κ1) is 24.1. The van der Waals surface area contributed by atoms with Gasteiger partial charge in [0.05, 0.1) is 6.54 Å². The zero-order valence-corrected chi connectivity index (χ0v) is 19.5. The molecular weight excluding hydrogens is 451 g/mol. The first-order valence-corrected chi connectivity index (χ1v) is 11.4. The van der Waals surface area contributed by atoms with Crippen molar-refractivity contribution in [1.82, 2.24) is 29.9 Å². The molecule has 9 nitrogen and oxygen atoms in total. The maximum Gasteiger partial charge on any atom is 0.274 e. The van der Waals surface area contributed by atoms with Crippen LogP contribution >= 0.6 is 0 Å². The van der Waals surface area contributed by atoms with E-state index in [1.807, 2.05) is 18.2 Å². The zero-order valence-electron chi connectivity index (χ0n) is 19.5. The highest BCUT2D eigenvalue weighted by Crippen LogP contribution is 2.17. The van der Waals surface area contributed by atoms with Crippen LogP contribution in [0, 0.1) is 5.82 Å². The molecule has 1 aliphatic heterocycles. The lowest BCUT2D eigenvalue weighted by molar-refractivity contribution is -0.121. The minimum Gasteiger partial charge on any atom is -0.354 e. The first-order chi connectivity index (χ1) is 16.9. The second-order valence-corrected chi connectivity index (χ2v) is 8.43. The second-order valence-electron chi connectivity index (χ2n) is 8.43. The van der Waals surface area contributed by atoms with E-state index in [0.717, 1.165) is 11.3 Å². The summed E-state index contributed by atoms with van der Waals surface area (Å²) in [6.45, 7) is 1.64. The van der Waals surface area contributed by atoms with Gasteiger partial charge < -0.3 is 15.1 Å². The van der Waals surface area contributed by atoms with Gasteiger partial charge in [0.1, 0.15) is 11.5 Å². The molecule has 0 fully saturated rings. The standard InChI is InChI=1S/C25H27FN6O3/c1-30(17-23(33)28-12-10-20-5-2-3-11-27-20)24(34)21-15-22-25(35)31(13-4-14-32(22)29-21)16-18-6-8-19(26)9-7-18/h2-3,5-9,11,15H,4,10,12-14,16-17H2,1H3,(H,28,33). The Morgan fingerprint density at radius 2 is 1.94 bits per heavy atom. The Hall–Kier alpha value is -4.08. The fourth-order valence-electron chi connectivity index (χ4n) is 3.91. The molecule has 0 saturated heterocycles. The molecule has 0 bridgehead atoms. The summed E-state index contributed by atoms with van der Waals surface area (Å²) < 4.78 is 14.7. The summed E-state index contributed by atoms with van der Waals surface area (Å²) in [5.41, 5.74) is 2.12. The van der Waals surface area contributed by atoms with Crippen molar-refractivity contribution in [2.45, 2.75) is 25.9 Å². The molecule has 3 aromatic rings. The number of halogens is 1. The van der Waals surface area contributed by atoms with Crippen molar-refractivity contribution in [1.29, 1.82) is 0 Å². The van der Waals surface area contributed by atoms with Gasteiger partial charge in [-0.25, -0.2) is 4.39 Å². The molecule has 0 radical (unpaired) electrons. The molecule has 10 heteroatoms. The third-order valence-corrected chi connectivity index (χ3v) is 5.75. The number of fused-ring (bicyclic) bond motifs is 1. The Morgan fingerprint density at radius 3 is 2.69 bits per heavy atom. The highest BCUT2D eigenvalue weighted by molar-refractivity contribution is 5.99. The maximum atomic E-state index is 13.2. The molecule has 3 heterocycles. The van der Waals surface area contributed by atoms with Gasteiger partial charge in [0.2, 0.25) is 5.91 Å². The minimum atomic E-state index is -0.441. The molecule has 0 unspecified atom stereocenters. The normalized spacial score (nSPS) is 13.2. The van der Waals surface area contributed by atoms with Crippen LogP contribution in [0.4, 0.5) is 4.39 Å². The van der Waals surface area contributed by atoms with Crippen molar-refractivity contribution < 1.29 is 18.8 Å². The highest BCUT2D eigenvalue weighted by atomic mass is 19.1. The number of rotatable bonds is 8. The van der Waals surface area contributed by atoms with E-state index in [9.17, 15) is 18.8 Å². The summed E-state index contributed by atoms with van der Waals surface area (Å²) in [6.07, 6.45) is 2.96. The Bertz CT molecular complexity index is 1200. The first-order valence-electron chi connectivity index (χ1n) is 11.4. The smallest absolute Gasteiger partial charge is 0.274 e. The van der Waals surface area contributed by atoms with Crippen LogP contribution < -0.4 is 5.32 Å². The Balaban J connectivity index is 1.35.